The maximum absolute atomic E-state index is 8.74. The zero-order chi connectivity index (χ0) is 22.4. The van der Waals surface area contributed by atoms with E-state index in [0.29, 0.717) is 40.3 Å². The van der Waals surface area contributed by atoms with Gasteiger partial charge in [0.15, 0.2) is 0 Å². The number of halogens is 2. The van der Waals surface area contributed by atoms with Crippen LogP contribution in [0.2, 0.25) is 10.0 Å². The molecule has 0 radical (unpaired) electrons. The number of nitrogens with zero attached hydrogens (tertiary/aromatic N) is 3. The number of hydrogen-bond acceptors (Lipinski definition) is 6. The maximum atomic E-state index is 8.74. The van der Waals surface area contributed by atoms with E-state index < -0.39 is 14.0 Å². The lowest BCUT2D eigenvalue weighted by atomic mass is 10.1. The lowest BCUT2D eigenvalue weighted by Gasteiger charge is -2.29. The molecule has 12 heteroatoms. The van der Waals surface area contributed by atoms with Crippen LogP contribution in [0.4, 0.5) is 0 Å². The van der Waals surface area contributed by atoms with Crippen molar-refractivity contribution in [3.8, 4) is 11.5 Å². The first-order valence-corrected chi connectivity index (χ1v) is 11.1. The second kappa shape index (κ2) is 10.6. The molecule has 3 aromatic rings. The summed E-state index contributed by atoms with van der Waals surface area (Å²) in [6, 6.07) is 12.5. The van der Waals surface area contributed by atoms with Crippen LogP contribution < -0.4 is 4.74 Å². The summed E-state index contributed by atoms with van der Waals surface area (Å²) in [5, 5.41) is 5.28. The first-order chi connectivity index (χ1) is 14.8. The predicted octanol–water partition coefficient (Wildman–Crippen LogP) is 4.03. The monoisotopic (exact) mass is 487 g/mol. The summed E-state index contributed by atoms with van der Waals surface area (Å²) in [7, 11) is -3.13. The third kappa shape index (κ3) is 6.51. The third-order valence-corrected chi connectivity index (χ3v) is 4.74. The van der Waals surface area contributed by atoms with Gasteiger partial charge in [-0.15, -0.1) is 0 Å². The zero-order valence-corrected chi connectivity index (χ0v) is 18.8. The predicted molar refractivity (Wildman–Crippen MR) is 115 cm³/mol. The van der Waals surface area contributed by atoms with E-state index in [1.54, 1.807) is 41.3 Å². The Kier molecular flexibility index (Phi) is 8.07. The SMILES string of the molecule is CC1COC(Cn2cncn2)(c2ccc(Oc3ccc(Cl)cc3)cc2Cl)O1.O=[PH](O)O. The molecule has 2 atom stereocenters. The van der Waals surface area contributed by atoms with Crippen molar-refractivity contribution in [1.29, 1.82) is 0 Å². The molecule has 1 saturated heterocycles. The van der Waals surface area contributed by atoms with E-state index in [1.165, 1.54) is 6.33 Å². The minimum Gasteiger partial charge on any atom is -0.457 e. The molecule has 9 nitrogen and oxygen atoms in total. The summed E-state index contributed by atoms with van der Waals surface area (Å²) in [6.07, 6.45) is 3.02. The summed E-state index contributed by atoms with van der Waals surface area (Å²) in [4.78, 5) is 18.3. The van der Waals surface area contributed by atoms with Gasteiger partial charge in [-0.25, -0.2) is 9.67 Å². The Labute approximate surface area is 189 Å². The Morgan fingerprint density at radius 3 is 2.45 bits per heavy atom. The fourth-order valence-electron chi connectivity index (χ4n) is 2.99. The smallest absolute Gasteiger partial charge is 0.314 e. The first kappa shape index (κ1) is 23.7. The Bertz CT molecular complexity index is 1020. The lowest BCUT2D eigenvalue weighted by molar-refractivity contribution is -0.186. The van der Waals surface area contributed by atoms with Crippen molar-refractivity contribution in [3.63, 3.8) is 0 Å². The van der Waals surface area contributed by atoms with Crippen molar-refractivity contribution in [2.45, 2.75) is 25.4 Å². The van der Waals surface area contributed by atoms with E-state index >= 15 is 0 Å². The van der Waals surface area contributed by atoms with Gasteiger partial charge in [-0.05, 0) is 49.4 Å². The van der Waals surface area contributed by atoms with Crippen LogP contribution in [0.25, 0.3) is 0 Å². The van der Waals surface area contributed by atoms with Gasteiger partial charge in [0.25, 0.3) is 0 Å². The maximum Gasteiger partial charge on any atom is 0.314 e. The second-order valence-corrected chi connectivity index (χ2v) is 7.97. The summed E-state index contributed by atoms with van der Waals surface area (Å²) in [5.41, 5.74) is 0.715. The number of ether oxygens (including phenoxy) is 3. The normalized spacial score (nSPS) is 20.4. The second-order valence-electron chi connectivity index (χ2n) is 6.57. The molecule has 31 heavy (non-hydrogen) atoms. The van der Waals surface area contributed by atoms with Gasteiger partial charge in [-0.1, -0.05) is 23.2 Å². The molecule has 2 unspecified atom stereocenters. The molecule has 1 fully saturated rings. The van der Waals surface area contributed by atoms with Crippen LogP contribution in [0, 0.1) is 0 Å². The van der Waals surface area contributed by atoms with Crippen LogP contribution in [-0.4, -0.2) is 37.3 Å². The highest BCUT2D eigenvalue weighted by molar-refractivity contribution is 7.30. The molecule has 1 aliphatic rings. The van der Waals surface area contributed by atoms with Crippen molar-refractivity contribution in [3.05, 3.63) is 70.7 Å². The Balaban J connectivity index is 0.000000628. The van der Waals surface area contributed by atoms with Gasteiger partial charge in [0.05, 0.1) is 17.7 Å². The van der Waals surface area contributed by atoms with Crippen LogP contribution in [0.1, 0.15) is 12.5 Å². The minimum atomic E-state index is -3.13. The Hall–Kier alpha value is -1.97. The molecule has 1 aromatic heterocycles. The number of hydrogen-bond donors (Lipinski definition) is 2. The topological polar surface area (TPSA) is 116 Å². The van der Waals surface area contributed by atoms with Gasteiger partial charge < -0.3 is 24.0 Å². The van der Waals surface area contributed by atoms with Crippen LogP contribution in [0.5, 0.6) is 11.5 Å². The summed E-state index contributed by atoms with van der Waals surface area (Å²) >= 11 is 12.5. The molecule has 0 spiro atoms. The quantitative estimate of drug-likeness (QED) is 0.518. The zero-order valence-electron chi connectivity index (χ0n) is 16.3. The molecule has 2 N–H and O–H groups in total. The number of rotatable bonds is 5. The molecule has 0 bridgehead atoms. The van der Waals surface area contributed by atoms with Gasteiger partial charge in [0, 0.05) is 10.6 Å². The van der Waals surface area contributed by atoms with Crippen LogP contribution in [-0.2, 0) is 26.4 Å². The van der Waals surface area contributed by atoms with E-state index in [-0.39, 0.29) is 6.10 Å². The van der Waals surface area contributed by atoms with Crippen molar-refractivity contribution in [1.82, 2.24) is 14.8 Å². The van der Waals surface area contributed by atoms with E-state index in [1.807, 2.05) is 19.1 Å². The molecule has 0 aliphatic carbocycles. The molecule has 1 aliphatic heterocycles. The number of benzene rings is 2. The molecule has 0 amide bonds. The summed E-state index contributed by atoms with van der Waals surface area (Å²) in [5.74, 6) is 0.249. The average Bonchev–Trinajstić information content (AvgIpc) is 3.34. The van der Waals surface area contributed by atoms with Gasteiger partial charge in [-0.3, -0.25) is 4.57 Å². The molecule has 2 aromatic carbocycles. The third-order valence-electron chi connectivity index (χ3n) is 4.18. The number of aromatic nitrogens is 3. The van der Waals surface area contributed by atoms with Gasteiger partial charge >= 0.3 is 8.25 Å². The van der Waals surface area contributed by atoms with Crippen LogP contribution >= 0.6 is 31.5 Å². The van der Waals surface area contributed by atoms with Gasteiger partial charge in [0.2, 0.25) is 5.79 Å². The van der Waals surface area contributed by atoms with E-state index in [2.05, 4.69) is 10.1 Å². The molecule has 4 rings (SSSR count). The fraction of sp³-hybridized carbons (Fsp3) is 0.263. The van der Waals surface area contributed by atoms with E-state index in [0.717, 1.165) is 0 Å². The Morgan fingerprint density at radius 2 is 1.90 bits per heavy atom. The molecule has 2 heterocycles. The van der Waals surface area contributed by atoms with Crippen LogP contribution in [0.15, 0.2) is 55.1 Å². The van der Waals surface area contributed by atoms with Gasteiger partial charge in [-0.2, -0.15) is 5.10 Å². The highest BCUT2D eigenvalue weighted by atomic mass is 35.5. The highest BCUT2D eigenvalue weighted by Crippen LogP contribution is 2.41. The molecular formula is C19H20Cl2N3O6P. The summed E-state index contributed by atoms with van der Waals surface area (Å²) < 4.78 is 28.4. The van der Waals surface area contributed by atoms with Crippen molar-refractivity contribution in [2.24, 2.45) is 0 Å². The van der Waals surface area contributed by atoms with E-state index in [4.69, 9.17) is 51.8 Å². The molecule has 166 valence electrons. The first-order valence-electron chi connectivity index (χ1n) is 9.07. The summed E-state index contributed by atoms with van der Waals surface area (Å²) in [6.45, 7) is 2.76. The van der Waals surface area contributed by atoms with E-state index in [9.17, 15) is 0 Å². The van der Waals surface area contributed by atoms with Crippen LogP contribution in [0.3, 0.4) is 0 Å². The van der Waals surface area contributed by atoms with Crippen molar-refractivity contribution in [2.75, 3.05) is 6.61 Å². The highest BCUT2D eigenvalue weighted by Gasteiger charge is 2.44. The minimum absolute atomic E-state index is 0.0606. The molecular weight excluding hydrogens is 468 g/mol. The Morgan fingerprint density at radius 1 is 1.23 bits per heavy atom. The standard InChI is InChI=1S/C19H17Cl2N3O3.H3O3P/c1-13-9-25-19(27-13,10-24-12-22-11-23-24)17-7-6-16(8-18(17)21)26-15-4-2-14(20)3-5-15;1-4(2)3/h2-8,11-13H,9-10H2,1H3;4H,(H2,1,2,3). The molecule has 0 saturated carbocycles. The van der Waals surface area contributed by atoms with Gasteiger partial charge in [0.1, 0.15) is 30.7 Å². The van der Waals surface area contributed by atoms with Crippen molar-refractivity contribution >= 4 is 31.5 Å². The largest absolute Gasteiger partial charge is 0.457 e. The lowest BCUT2D eigenvalue weighted by Crippen LogP contribution is -2.34. The van der Waals surface area contributed by atoms with Crippen molar-refractivity contribution < 1.29 is 28.6 Å². The average molecular weight is 488 g/mol. The fourth-order valence-corrected chi connectivity index (χ4v) is 3.43.